The van der Waals surface area contributed by atoms with E-state index in [4.69, 9.17) is 0 Å². The van der Waals surface area contributed by atoms with Crippen molar-refractivity contribution in [2.75, 3.05) is 0 Å². The van der Waals surface area contributed by atoms with Gasteiger partial charge in [-0.1, -0.05) is 24.3 Å². The molecule has 1 rings (SSSR count). The fourth-order valence-electron chi connectivity index (χ4n) is 1.91. The Morgan fingerprint density at radius 2 is 0.500 bits per heavy atom. The number of hydrogen-bond donors (Lipinski definition) is 0. The van der Waals surface area contributed by atoms with Crippen LogP contribution in [0.4, 0.5) is 61.5 Å². The zero-order valence-electron chi connectivity index (χ0n) is 11.6. The zero-order chi connectivity index (χ0) is 21.0. The molecule has 14 heteroatoms. The van der Waals surface area contributed by atoms with Crippen molar-refractivity contribution in [2.24, 2.45) is 0 Å². The lowest BCUT2D eigenvalue weighted by atomic mass is 9.89. The van der Waals surface area contributed by atoms with Gasteiger partial charge in [-0.15, -0.1) is 0 Å². The average Bonchev–Trinajstić information content (AvgIpc) is 2.40. The molecular formula is C12H4F14. The number of halogens is 14. The van der Waals surface area contributed by atoms with Gasteiger partial charge >= 0.3 is 36.0 Å². The highest BCUT2D eigenvalue weighted by Gasteiger charge is 2.75. The van der Waals surface area contributed by atoms with Crippen molar-refractivity contribution in [1.29, 1.82) is 0 Å². The molecule has 0 saturated heterocycles. The Morgan fingerprint density at radius 1 is 0.346 bits per heavy atom. The maximum absolute atomic E-state index is 13.6. The van der Waals surface area contributed by atoms with Crippen molar-refractivity contribution < 1.29 is 61.5 Å². The first-order chi connectivity index (χ1) is 11.2. The van der Waals surface area contributed by atoms with Gasteiger partial charge in [0.05, 0.1) is 0 Å². The van der Waals surface area contributed by atoms with Gasteiger partial charge in [-0.25, -0.2) is 8.78 Å². The molecule has 0 radical (unpaired) electrons. The van der Waals surface area contributed by atoms with Gasteiger partial charge in [0.1, 0.15) is 0 Å². The van der Waals surface area contributed by atoms with Crippen molar-refractivity contribution in [3.8, 4) is 0 Å². The molecule has 0 unspecified atom stereocenters. The van der Waals surface area contributed by atoms with Crippen LogP contribution in [-0.4, -0.2) is 24.7 Å². The molecule has 26 heavy (non-hydrogen) atoms. The van der Waals surface area contributed by atoms with Gasteiger partial charge in [-0.2, -0.15) is 52.7 Å². The summed E-state index contributed by atoms with van der Waals surface area (Å²) in [6.45, 7) is 0. The minimum absolute atomic E-state index is 0.651. The van der Waals surface area contributed by atoms with E-state index in [9.17, 15) is 61.5 Å². The van der Waals surface area contributed by atoms with E-state index in [-0.39, 0.29) is 0 Å². The van der Waals surface area contributed by atoms with Gasteiger partial charge in [-0.05, 0) is 0 Å². The summed E-state index contributed by atoms with van der Waals surface area (Å²) < 4.78 is 177. The molecule has 0 fully saturated rings. The predicted molar refractivity (Wildman–Crippen MR) is 56.2 cm³/mol. The number of hydrogen-bond acceptors (Lipinski definition) is 0. The molecule has 0 spiro atoms. The van der Waals surface area contributed by atoms with Gasteiger partial charge < -0.3 is 0 Å². The second kappa shape index (κ2) is 5.87. The molecule has 0 atom stereocenters. The van der Waals surface area contributed by atoms with E-state index in [0.717, 1.165) is 0 Å². The van der Waals surface area contributed by atoms with Crippen LogP contribution in [0, 0.1) is 0 Å². The Balaban J connectivity index is 3.61. The summed E-state index contributed by atoms with van der Waals surface area (Å²) in [6, 6.07) is -2.60. The third-order valence-corrected chi connectivity index (χ3v) is 3.24. The first-order valence-corrected chi connectivity index (χ1v) is 5.97. The Morgan fingerprint density at radius 3 is 0.615 bits per heavy atom. The van der Waals surface area contributed by atoms with Crippen LogP contribution in [0.25, 0.3) is 0 Å². The van der Waals surface area contributed by atoms with Crippen LogP contribution in [0.1, 0.15) is 11.1 Å². The lowest BCUT2D eigenvalue weighted by molar-refractivity contribution is -0.350. The van der Waals surface area contributed by atoms with Gasteiger partial charge in [0.2, 0.25) is 0 Å². The third kappa shape index (κ3) is 3.17. The SMILES string of the molecule is FC(F)(F)C(F)(c1ccc(C(F)(C(F)(F)F)C(F)(F)F)cc1)C(F)(F)F. The molecule has 0 aliphatic rings. The molecule has 1 aromatic carbocycles. The van der Waals surface area contributed by atoms with E-state index in [1.807, 2.05) is 0 Å². The Kier molecular flexibility index (Phi) is 5.03. The molecule has 0 N–H and O–H groups in total. The van der Waals surface area contributed by atoms with Crippen LogP contribution in [0.15, 0.2) is 24.3 Å². The summed E-state index contributed by atoms with van der Waals surface area (Å²) in [5, 5.41) is 0. The van der Waals surface area contributed by atoms with Gasteiger partial charge in [0, 0.05) is 11.1 Å². The van der Waals surface area contributed by atoms with Crippen molar-refractivity contribution >= 4 is 0 Å². The van der Waals surface area contributed by atoms with Crippen molar-refractivity contribution in [2.45, 2.75) is 36.0 Å². The second-order valence-electron chi connectivity index (χ2n) is 4.89. The maximum Gasteiger partial charge on any atom is 0.435 e. The largest absolute Gasteiger partial charge is 0.435 e. The van der Waals surface area contributed by atoms with E-state index in [0.29, 0.717) is 0 Å². The summed E-state index contributed by atoms with van der Waals surface area (Å²) in [7, 11) is 0. The van der Waals surface area contributed by atoms with Crippen LogP contribution < -0.4 is 0 Å². The molecule has 0 bridgehead atoms. The molecule has 0 nitrogen and oxygen atoms in total. The lowest BCUT2D eigenvalue weighted by Gasteiger charge is -2.32. The Labute approximate surface area is 134 Å². The summed E-state index contributed by atoms with van der Waals surface area (Å²) in [4.78, 5) is 0. The van der Waals surface area contributed by atoms with Crippen LogP contribution in [-0.2, 0) is 11.3 Å². The van der Waals surface area contributed by atoms with E-state index < -0.39 is 71.4 Å². The fraction of sp³-hybridized carbons (Fsp3) is 0.500. The predicted octanol–water partition coefficient (Wildman–Crippen LogP) is 6.27. The van der Waals surface area contributed by atoms with Gasteiger partial charge in [0.15, 0.2) is 0 Å². The minimum atomic E-state index is -6.65. The third-order valence-electron chi connectivity index (χ3n) is 3.24. The van der Waals surface area contributed by atoms with Crippen LogP contribution >= 0.6 is 0 Å². The smallest absolute Gasteiger partial charge is 0.218 e. The number of rotatable bonds is 2. The fourth-order valence-corrected chi connectivity index (χ4v) is 1.91. The van der Waals surface area contributed by atoms with Crippen LogP contribution in [0.3, 0.4) is 0 Å². The highest BCUT2D eigenvalue weighted by Crippen LogP contribution is 2.55. The molecule has 1 aromatic rings. The first kappa shape index (κ1) is 22.3. The van der Waals surface area contributed by atoms with E-state index in [1.165, 1.54) is 0 Å². The minimum Gasteiger partial charge on any atom is -0.218 e. The number of alkyl halides is 14. The second-order valence-corrected chi connectivity index (χ2v) is 4.89. The maximum atomic E-state index is 13.6. The molecular weight excluding hydrogens is 410 g/mol. The summed E-state index contributed by atoms with van der Waals surface area (Å²) >= 11 is 0. The lowest BCUT2D eigenvalue weighted by Crippen LogP contribution is -2.51. The molecule has 0 heterocycles. The molecule has 0 aliphatic heterocycles. The Bertz CT molecular complexity index is 541. The van der Waals surface area contributed by atoms with Crippen molar-refractivity contribution in [3.63, 3.8) is 0 Å². The Hall–Kier alpha value is -1.76. The quantitative estimate of drug-likeness (QED) is 0.501. The van der Waals surface area contributed by atoms with Crippen LogP contribution in [0.5, 0.6) is 0 Å². The standard InChI is InChI=1S/C12H4F14/c13-7(9(15,16)17,10(18,19)20)5-1-2-6(4-3-5)8(14,11(21,22)23)12(24,25)26/h1-4H. The van der Waals surface area contributed by atoms with E-state index in [2.05, 4.69) is 0 Å². The highest BCUT2D eigenvalue weighted by molar-refractivity contribution is 5.34. The summed E-state index contributed by atoms with van der Waals surface area (Å²) in [5.74, 6) is 0. The zero-order valence-corrected chi connectivity index (χ0v) is 11.6. The molecule has 0 amide bonds. The van der Waals surface area contributed by atoms with Gasteiger partial charge in [0.25, 0.3) is 0 Å². The van der Waals surface area contributed by atoms with Crippen molar-refractivity contribution in [1.82, 2.24) is 0 Å². The first-order valence-electron chi connectivity index (χ1n) is 5.97. The molecule has 0 saturated carbocycles. The van der Waals surface area contributed by atoms with Crippen LogP contribution in [0.2, 0.25) is 0 Å². The monoisotopic (exact) mass is 414 g/mol. The average molecular weight is 414 g/mol. The molecule has 0 aliphatic carbocycles. The van der Waals surface area contributed by atoms with E-state index >= 15 is 0 Å². The topological polar surface area (TPSA) is 0 Å². The molecule has 0 aromatic heterocycles. The van der Waals surface area contributed by atoms with Gasteiger partial charge in [-0.3, -0.25) is 0 Å². The molecule has 150 valence electrons. The highest BCUT2D eigenvalue weighted by atomic mass is 19.4. The normalized spacial score (nSPS) is 15.3. The summed E-state index contributed by atoms with van der Waals surface area (Å²) in [6.07, 6.45) is -26.6. The number of benzene rings is 1. The van der Waals surface area contributed by atoms with Crippen molar-refractivity contribution in [3.05, 3.63) is 35.4 Å². The summed E-state index contributed by atoms with van der Waals surface area (Å²) in [5.41, 5.74) is -16.9. The van der Waals surface area contributed by atoms with E-state index in [1.54, 1.807) is 0 Å².